The third-order valence-corrected chi connectivity index (χ3v) is 5.74. The number of aromatic hydroxyl groups is 2. The molecule has 6 rings (SSSR count). The average Bonchev–Trinajstić information content (AvgIpc) is 3.72. The molecule has 7 heteroatoms. The van der Waals surface area contributed by atoms with E-state index in [2.05, 4.69) is 24.3 Å². The van der Waals surface area contributed by atoms with Crippen molar-refractivity contribution in [3.8, 4) is 23.0 Å². The van der Waals surface area contributed by atoms with Crippen LogP contribution in [0.25, 0.3) is 0 Å². The fraction of sp³-hybridized carbons (Fsp3) is 0.118. The van der Waals surface area contributed by atoms with Crippen LogP contribution in [0.5, 0.6) is 23.0 Å². The molecule has 4 aliphatic carbocycles. The third kappa shape index (κ3) is 13.7. The van der Waals surface area contributed by atoms with Gasteiger partial charge in [-0.3, -0.25) is 12.2 Å². The first-order chi connectivity index (χ1) is 19.5. The zero-order valence-corrected chi connectivity index (χ0v) is 26.5. The maximum atomic E-state index is 9.50. The number of hydrogen-bond donors (Lipinski definition) is 2. The van der Waals surface area contributed by atoms with Crippen LogP contribution in [0.2, 0.25) is 0 Å². The van der Waals surface area contributed by atoms with Crippen LogP contribution in [-0.4, -0.2) is 19.9 Å². The van der Waals surface area contributed by atoms with Crippen molar-refractivity contribution in [2.24, 2.45) is 0 Å². The summed E-state index contributed by atoms with van der Waals surface area (Å²) in [7, 11) is 0. The van der Waals surface area contributed by atoms with E-state index < -0.39 is 0 Å². The minimum atomic E-state index is 0. The molecule has 0 aliphatic heterocycles. The van der Waals surface area contributed by atoms with Gasteiger partial charge in [-0.05, 0) is 48.6 Å². The summed E-state index contributed by atoms with van der Waals surface area (Å²) in [6.45, 7) is 0. The van der Waals surface area contributed by atoms with E-state index in [0.717, 1.165) is 35.4 Å². The summed E-state index contributed by atoms with van der Waals surface area (Å²) in [5, 5.41) is 19.0. The third-order valence-electron chi connectivity index (χ3n) is 5.17. The number of allylic oxidation sites excluding steroid dienone is 14. The van der Waals surface area contributed by atoms with Crippen molar-refractivity contribution in [2.75, 3.05) is 0 Å². The van der Waals surface area contributed by atoms with Crippen molar-refractivity contribution < 1.29 is 45.9 Å². The Morgan fingerprint density at radius 3 is 1.32 bits per heavy atom. The molecule has 0 spiro atoms. The van der Waals surface area contributed by atoms with E-state index in [0.29, 0.717) is 23.0 Å². The van der Waals surface area contributed by atoms with Crippen LogP contribution in [0.4, 0.5) is 0 Å². The molecule has 0 heterocycles. The Hall–Kier alpha value is -3.38. The second kappa shape index (κ2) is 19.7. The van der Waals surface area contributed by atoms with Crippen LogP contribution >= 0.6 is 24.4 Å². The summed E-state index contributed by atoms with van der Waals surface area (Å²) in [6.07, 6.45) is 32.7. The molecular weight excluding hydrogens is 628 g/mol. The normalized spacial score (nSPS) is 15.2. The number of hydrogen-bond acceptors (Lipinski definition) is 6. The largest absolute Gasteiger partial charge is 2.00 e. The number of ether oxygens (including phenoxy) is 2. The Labute approximate surface area is 272 Å². The minimum absolute atomic E-state index is 0. The smallest absolute Gasteiger partial charge is 0.504 e. The SMILES string of the molecule is Oc1ccccc1OC1=CC(=S)CC=C1.Oc1ccccc1OC1=CC(=S)CC=C1.[C-]1=CC=CC1.[C-]1=CC=CC1.[Zr+2]. The van der Waals surface area contributed by atoms with Crippen molar-refractivity contribution in [3.05, 3.63) is 145 Å². The standard InChI is InChI=1S/2C12H10O2S.2C5H5.Zr/c2*13-11-6-1-2-7-12(11)14-9-4-3-5-10(15)8-9;2*1-2-4-5-3-1;/h2*1-4,6-8,13H,5H2;2*1-3H,4H2;/q;;2*-1;+2. The molecule has 4 nitrogen and oxygen atoms in total. The van der Waals surface area contributed by atoms with E-state index in [9.17, 15) is 10.2 Å². The molecule has 2 N–H and O–H groups in total. The van der Waals surface area contributed by atoms with Gasteiger partial charge in [-0.2, -0.15) is 12.2 Å². The molecule has 41 heavy (non-hydrogen) atoms. The molecule has 2 aromatic rings. The van der Waals surface area contributed by atoms with E-state index in [1.54, 1.807) is 60.7 Å². The van der Waals surface area contributed by atoms with Crippen molar-refractivity contribution in [1.82, 2.24) is 0 Å². The van der Waals surface area contributed by atoms with Crippen LogP contribution in [0.3, 0.4) is 0 Å². The van der Waals surface area contributed by atoms with Gasteiger partial charge in [-0.25, -0.2) is 24.3 Å². The second-order valence-electron chi connectivity index (χ2n) is 8.38. The number of phenolic OH excluding ortho intramolecular Hbond substituents is 2. The van der Waals surface area contributed by atoms with Crippen LogP contribution in [0, 0.1) is 12.2 Å². The van der Waals surface area contributed by atoms with E-state index in [-0.39, 0.29) is 37.7 Å². The number of benzene rings is 2. The van der Waals surface area contributed by atoms with Gasteiger partial charge in [0.05, 0.1) is 0 Å². The van der Waals surface area contributed by atoms with Gasteiger partial charge in [0.15, 0.2) is 23.0 Å². The summed E-state index contributed by atoms with van der Waals surface area (Å²) >= 11 is 10.1. The van der Waals surface area contributed by atoms with E-state index in [1.807, 2.05) is 48.6 Å². The van der Waals surface area contributed by atoms with Crippen molar-refractivity contribution >= 4 is 34.2 Å². The predicted molar refractivity (Wildman–Crippen MR) is 169 cm³/mol. The van der Waals surface area contributed by atoms with Crippen LogP contribution < -0.4 is 9.47 Å². The molecule has 0 unspecified atom stereocenters. The Balaban J connectivity index is 0.000000211. The van der Waals surface area contributed by atoms with Crippen molar-refractivity contribution in [1.29, 1.82) is 0 Å². The maximum Gasteiger partial charge on any atom is 2.00 e. The van der Waals surface area contributed by atoms with Gasteiger partial charge in [0, 0.05) is 22.6 Å². The van der Waals surface area contributed by atoms with E-state index in [4.69, 9.17) is 33.9 Å². The van der Waals surface area contributed by atoms with Crippen molar-refractivity contribution in [3.63, 3.8) is 0 Å². The molecule has 0 radical (unpaired) electrons. The predicted octanol–water partition coefficient (Wildman–Crippen LogP) is 8.58. The summed E-state index contributed by atoms with van der Waals surface area (Å²) in [5.74, 6) is 2.46. The first-order valence-electron chi connectivity index (χ1n) is 12.7. The molecule has 4 aliphatic rings. The van der Waals surface area contributed by atoms with Gasteiger partial charge < -0.3 is 19.7 Å². The average molecular weight is 658 g/mol. The maximum absolute atomic E-state index is 9.50. The summed E-state index contributed by atoms with van der Waals surface area (Å²) in [6, 6.07) is 13.7. The Morgan fingerprint density at radius 1 is 0.610 bits per heavy atom. The Bertz CT molecular complexity index is 1280. The molecule has 0 atom stereocenters. The first kappa shape index (κ1) is 33.8. The van der Waals surface area contributed by atoms with Gasteiger partial charge in [-0.15, -0.1) is 12.8 Å². The first-order valence-corrected chi connectivity index (χ1v) is 13.5. The van der Waals surface area contributed by atoms with Crippen molar-refractivity contribution in [2.45, 2.75) is 25.7 Å². The van der Waals surface area contributed by atoms with Crippen LogP contribution in [-0.2, 0) is 26.2 Å². The van der Waals surface area contributed by atoms with Crippen LogP contribution in [0.15, 0.2) is 133 Å². The van der Waals surface area contributed by atoms with Crippen LogP contribution in [0.1, 0.15) is 25.7 Å². The zero-order valence-electron chi connectivity index (χ0n) is 22.4. The molecule has 0 bridgehead atoms. The number of para-hydroxylation sites is 4. The van der Waals surface area contributed by atoms with Gasteiger partial charge in [0.1, 0.15) is 11.5 Å². The fourth-order valence-electron chi connectivity index (χ4n) is 3.26. The Morgan fingerprint density at radius 2 is 1.02 bits per heavy atom. The number of thiocarbonyl (C=S) groups is 2. The molecular formula is C34H30O4S2Zr. The molecule has 2 aromatic carbocycles. The van der Waals surface area contributed by atoms with Gasteiger partial charge in [0.2, 0.25) is 0 Å². The molecule has 206 valence electrons. The number of rotatable bonds is 4. The zero-order chi connectivity index (χ0) is 28.4. The summed E-state index contributed by atoms with van der Waals surface area (Å²) in [4.78, 5) is 1.67. The quantitative estimate of drug-likeness (QED) is 0.254. The van der Waals surface area contributed by atoms with Gasteiger partial charge >= 0.3 is 26.2 Å². The number of phenols is 2. The molecule has 0 aromatic heterocycles. The van der Waals surface area contributed by atoms with E-state index >= 15 is 0 Å². The molecule has 0 fully saturated rings. The Kier molecular flexibility index (Phi) is 16.2. The van der Waals surface area contributed by atoms with Gasteiger partial charge in [-0.1, -0.05) is 60.9 Å². The molecule has 0 saturated carbocycles. The second-order valence-corrected chi connectivity index (χ2v) is 9.43. The molecule has 0 saturated heterocycles. The minimum Gasteiger partial charge on any atom is -0.504 e. The summed E-state index contributed by atoms with van der Waals surface area (Å²) < 4.78 is 11.0. The summed E-state index contributed by atoms with van der Waals surface area (Å²) in [5.41, 5.74) is 0. The molecule has 0 amide bonds. The monoisotopic (exact) mass is 656 g/mol. The topological polar surface area (TPSA) is 58.9 Å². The van der Waals surface area contributed by atoms with Gasteiger partial charge in [0.25, 0.3) is 0 Å². The fourth-order valence-corrected chi connectivity index (χ4v) is 3.69. The van der Waals surface area contributed by atoms with E-state index in [1.165, 1.54) is 0 Å².